The molecule has 0 aliphatic rings. The molecule has 0 aromatic rings. The van der Waals surface area contributed by atoms with Crippen LogP contribution in [-0.4, -0.2) is 52.0 Å². The summed E-state index contributed by atoms with van der Waals surface area (Å²) in [4.78, 5) is 4.17. The van der Waals surface area contributed by atoms with Gasteiger partial charge in [-0.2, -0.15) is 0 Å². The first-order valence-corrected chi connectivity index (χ1v) is 7.29. The van der Waals surface area contributed by atoms with Crippen molar-refractivity contribution in [1.29, 1.82) is 0 Å². The summed E-state index contributed by atoms with van der Waals surface area (Å²) in [6.45, 7) is 12.3. The van der Waals surface area contributed by atoms with Crippen molar-refractivity contribution in [1.82, 2.24) is 10.6 Å². The lowest BCUT2D eigenvalue weighted by Crippen LogP contribution is -2.40. The van der Waals surface area contributed by atoms with Gasteiger partial charge in [0.1, 0.15) is 0 Å². The molecule has 122 valence electrons. The van der Waals surface area contributed by atoms with Gasteiger partial charge in [0, 0.05) is 33.4 Å². The van der Waals surface area contributed by atoms with Crippen LogP contribution in [0.3, 0.4) is 0 Å². The predicted molar refractivity (Wildman–Crippen MR) is 96.1 cm³/mol. The van der Waals surface area contributed by atoms with Crippen LogP contribution < -0.4 is 10.6 Å². The van der Waals surface area contributed by atoms with Gasteiger partial charge >= 0.3 is 0 Å². The van der Waals surface area contributed by atoms with E-state index in [9.17, 15) is 0 Å². The number of rotatable bonds is 10. The second-order valence-electron chi connectivity index (χ2n) is 4.65. The summed E-state index contributed by atoms with van der Waals surface area (Å²) in [5, 5.41) is 6.51. The summed E-state index contributed by atoms with van der Waals surface area (Å²) >= 11 is 0. The number of hydrogen-bond donors (Lipinski definition) is 2. The molecule has 0 spiro atoms. The summed E-state index contributed by atoms with van der Waals surface area (Å²) in [7, 11) is 1.78. The van der Waals surface area contributed by atoms with Gasteiger partial charge in [0.2, 0.25) is 0 Å². The highest BCUT2D eigenvalue weighted by atomic mass is 127. The molecule has 0 bridgehead atoms. The number of halogens is 1. The van der Waals surface area contributed by atoms with Gasteiger partial charge in [0.25, 0.3) is 0 Å². The van der Waals surface area contributed by atoms with Gasteiger partial charge in [0.15, 0.2) is 5.96 Å². The van der Waals surface area contributed by atoms with Crippen LogP contribution in [0.25, 0.3) is 0 Å². The number of aliphatic imine (C=N–C) groups is 1. The molecule has 0 aromatic heterocycles. The Balaban J connectivity index is 0. The summed E-state index contributed by atoms with van der Waals surface area (Å²) in [5.41, 5.74) is 0. The molecule has 0 saturated carbocycles. The van der Waals surface area contributed by atoms with E-state index in [4.69, 9.17) is 9.47 Å². The van der Waals surface area contributed by atoms with Crippen LogP contribution in [0.2, 0.25) is 0 Å². The van der Waals surface area contributed by atoms with Gasteiger partial charge in [-0.05, 0) is 26.2 Å². The Kier molecular flexibility index (Phi) is 17.0. The minimum Gasteiger partial charge on any atom is -0.380 e. The molecular formula is C14H32IN3O2. The zero-order valence-corrected chi connectivity index (χ0v) is 15.9. The molecule has 0 rings (SSSR count). The van der Waals surface area contributed by atoms with Crippen LogP contribution in [0, 0.1) is 5.92 Å². The molecule has 0 saturated heterocycles. The zero-order chi connectivity index (χ0) is 14.5. The maximum atomic E-state index is 5.71. The highest BCUT2D eigenvalue weighted by molar-refractivity contribution is 14.0. The van der Waals surface area contributed by atoms with Crippen molar-refractivity contribution in [2.75, 3.05) is 40.0 Å². The molecule has 0 amide bonds. The molecule has 0 aliphatic carbocycles. The van der Waals surface area contributed by atoms with Crippen molar-refractivity contribution >= 4 is 29.9 Å². The topological polar surface area (TPSA) is 54.9 Å². The number of ether oxygens (including phenoxy) is 2. The molecule has 0 aromatic carbocycles. The molecule has 20 heavy (non-hydrogen) atoms. The predicted octanol–water partition coefficient (Wildman–Crippen LogP) is 2.26. The van der Waals surface area contributed by atoms with E-state index in [-0.39, 0.29) is 24.0 Å². The average molecular weight is 401 g/mol. The fourth-order valence-electron chi connectivity index (χ4n) is 1.76. The van der Waals surface area contributed by atoms with Crippen LogP contribution in [-0.2, 0) is 9.47 Å². The normalized spacial score (nSPS) is 13.0. The maximum absolute atomic E-state index is 5.71. The molecular weight excluding hydrogens is 369 g/mol. The molecule has 2 N–H and O–H groups in total. The standard InChI is InChI=1S/C14H31N3O2.HI/c1-6-18-11-10-17-14(15-5)16-9-8-13(12(3)4)19-7-2;/h12-13H,6-11H2,1-5H3,(H2,15,16,17);1H. The van der Waals surface area contributed by atoms with Crippen molar-refractivity contribution in [3.8, 4) is 0 Å². The third kappa shape index (κ3) is 11.7. The molecule has 0 aliphatic heterocycles. The first-order valence-electron chi connectivity index (χ1n) is 7.29. The molecule has 6 heteroatoms. The summed E-state index contributed by atoms with van der Waals surface area (Å²) in [5.74, 6) is 1.35. The van der Waals surface area contributed by atoms with E-state index < -0.39 is 0 Å². The lowest BCUT2D eigenvalue weighted by molar-refractivity contribution is 0.0258. The smallest absolute Gasteiger partial charge is 0.191 e. The third-order valence-corrected chi connectivity index (χ3v) is 2.81. The molecule has 0 heterocycles. The monoisotopic (exact) mass is 401 g/mol. The van der Waals surface area contributed by atoms with Gasteiger partial charge in [0.05, 0.1) is 12.7 Å². The Morgan fingerprint density at radius 2 is 1.75 bits per heavy atom. The van der Waals surface area contributed by atoms with Gasteiger partial charge < -0.3 is 20.1 Å². The van der Waals surface area contributed by atoms with Gasteiger partial charge in [-0.3, -0.25) is 4.99 Å². The second-order valence-corrected chi connectivity index (χ2v) is 4.65. The molecule has 0 radical (unpaired) electrons. The van der Waals surface area contributed by atoms with Crippen LogP contribution in [0.1, 0.15) is 34.1 Å². The van der Waals surface area contributed by atoms with E-state index in [1.807, 2.05) is 13.8 Å². The van der Waals surface area contributed by atoms with Crippen molar-refractivity contribution in [2.45, 2.75) is 40.2 Å². The molecule has 0 fully saturated rings. The minimum absolute atomic E-state index is 0. The van der Waals surface area contributed by atoms with E-state index in [1.165, 1.54) is 0 Å². The summed E-state index contributed by atoms with van der Waals surface area (Å²) in [6.07, 6.45) is 1.29. The average Bonchev–Trinajstić information content (AvgIpc) is 2.40. The van der Waals surface area contributed by atoms with E-state index in [2.05, 4.69) is 29.5 Å². The number of guanidine groups is 1. The first-order chi connectivity index (χ1) is 9.15. The molecule has 5 nitrogen and oxygen atoms in total. The van der Waals surface area contributed by atoms with Gasteiger partial charge in [-0.25, -0.2) is 0 Å². The van der Waals surface area contributed by atoms with Crippen molar-refractivity contribution in [2.24, 2.45) is 10.9 Å². The van der Waals surface area contributed by atoms with Crippen LogP contribution >= 0.6 is 24.0 Å². The highest BCUT2D eigenvalue weighted by Gasteiger charge is 2.12. The van der Waals surface area contributed by atoms with E-state index in [1.54, 1.807) is 7.05 Å². The molecule has 1 atom stereocenters. The lowest BCUT2D eigenvalue weighted by Gasteiger charge is -2.21. The number of hydrogen-bond acceptors (Lipinski definition) is 3. The lowest BCUT2D eigenvalue weighted by atomic mass is 10.0. The van der Waals surface area contributed by atoms with Crippen LogP contribution in [0.15, 0.2) is 4.99 Å². The Bertz CT molecular complexity index is 238. The van der Waals surface area contributed by atoms with Crippen molar-refractivity contribution in [3.05, 3.63) is 0 Å². The third-order valence-electron chi connectivity index (χ3n) is 2.81. The Hall–Kier alpha value is -0.0800. The quantitative estimate of drug-likeness (QED) is 0.255. The zero-order valence-electron chi connectivity index (χ0n) is 13.6. The molecule has 1 unspecified atom stereocenters. The summed E-state index contributed by atoms with van der Waals surface area (Å²) < 4.78 is 11.0. The van der Waals surface area contributed by atoms with E-state index >= 15 is 0 Å². The first kappa shape index (κ1) is 22.2. The summed E-state index contributed by atoms with van der Waals surface area (Å²) in [6, 6.07) is 0. The SMILES string of the molecule is CCOCCNC(=NC)NCCC(OCC)C(C)C.I. The van der Waals surface area contributed by atoms with Gasteiger partial charge in [-0.15, -0.1) is 24.0 Å². The number of nitrogens with one attached hydrogen (secondary N) is 2. The highest BCUT2D eigenvalue weighted by Crippen LogP contribution is 2.09. The number of nitrogens with zero attached hydrogens (tertiary/aromatic N) is 1. The van der Waals surface area contributed by atoms with E-state index in [0.29, 0.717) is 18.6 Å². The Morgan fingerprint density at radius 3 is 2.25 bits per heavy atom. The van der Waals surface area contributed by atoms with Crippen molar-refractivity contribution < 1.29 is 9.47 Å². The van der Waals surface area contributed by atoms with Crippen LogP contribution in [0.4, 0.5) is 0 Å². The largest absolute Gasteiger partial charge is 0.380 e. The van der Waals surface area contributed by atoms with E-state index in [0.717, 1.165) is 38.7 Å². The Labute approximate surface area is 141 Å². The van der Waals surface area contributed by atoms with Crippen molar-refractivity contribution in [3.63, 3.8) is 0 Å². The maximum Gasteiger partial charge on any atom is 0.191 e. The fraction of sp³-hybridized carbons (Fsp3) is 0.929. The van der Waals surface area contributed by atoms with Crippen LogP contribution in [0.5, 0.6) is 0 Å². The fourth-order valence-corrected chi connectivity index (χ4v) is 1.76. The Morgan fingerprint density at radius 1 is 1.10 bits per heavy atom. The second kappa shape index (κ2) is 15.3. The minimum atomic E-state index is 0. The van der Waals surface area contributed by atoms with Gasteiger partial charge in [-0.1, -0.05) is 13.8 Å².